The number of rotatable bonds is 6. The predicted octanol–water partition coefficient (Wildman–Crippen LogP) is 3.54. The normalized spacial score (nSPS) is 13.1. The van der Waals surface area contributed by atoms with E-state index in [2.05, 4.69) is 68.5 Å². The van der Waals surface area contributed by atoms with E-state index in [0.717, 1.165) is 18.9 Å². The molecule has 0 bridgehead atoms. The summed E-state index contributed by atoms with van der Waals surface area (Å²) in [5.41, 5.74) is 1.26. The molecule has 3 nitrogen and oxygen atoms in total. The Morgan fingerprint density at radius 1 is 1.42 bits per heavy atom. The van der Waals surface area contributed by atoms with Gasteiger partial charge in [0.05, 0.1) is 0 Å². The van der Waals surface area contributed by atoms with Crippen LogP contribution in [0.15, 0.2) is 31.0 Å². The molecule has 0 radical (unpaired) electrons. The number of hydrogen-bond acceptors (Lipinski definition) is 3. The summed E-state index contributed by atoms with van der Waals surface area (Å²) in [6.07, 6.45) is 3.88. The maximum Gasteiger partial charge on any atom is 0.129 e. The van der Waals surface area contributed by atoms with Crippen molar-refractivity contribution in [3.8, 4) is 0 Å². The fourth-order valence-electron chi connectivity index (χ4n) is 2.08. The first-order valence-corrected chi connectivity index (χ1v) is 6.98. The average molecular weight is 261 g/mol. The minimum Gasteiger partial charge on any atom is -0.348 e. The number of nitrogens with zero attached hydrogens (tertiary/aromatic N) is 2. The summed E-state index contributed by atoms with van der Waals surface area (Å²) >= 11 is 0. The zero-order valence-electron chi connectivity index (χ0n) is 12.9. The van der Waals surface area contributed by atoms with E-state index in [-0.39, 0.29) is 5.54 Å². The third-order valence-electron chi connectivity index (χ3n) is 3.18. The summed E-state index contributed by atoms with van der Waals surface area (Å²) in [6.45, 7) is 16.4. The first-order chi connectivity index (χ1) is 8.90. The molecule has 0 aromatic carbocycles. The average Bonchev–Trinajstić information content (AvgIpc) is 2.35. The molecular weight excluding hydrogens is 234 g/mol. The molecule has 0 saturated heterocycles. The highest BCUT2D eigenvalue weighted by Gasteiger charge is 2.21. The molecule has 0 fully saturated rings. The summed E-state index contributed by atoms with van der Waals surface area (Å²) in [4.78, 5) is 6.86. The second kappa shape index (κ2) is 6.71. The van der Waals surface area contributed by atoms with Crippen LogP contribution in [0.25, 0.3) is 0 Å². The predicted molar refractivity (Wildman–Crippen MR) is 83.6 cm³/mol. The van der Waals surface area contributed by atoms with E-state index in [1.54, 1.807) is 0 Å². The largest absolute Gasteiger partial charge is 0.348 e. The molecule has 1 aromatic heterocycles. The lowest BCUT2D eigenvalue weighted by molar-refractivity contribution is 0.517. The van der Waals surface area contributed by atoms with Crippen molar-refractivity contribution in [2.24, 2.45) is 0 Å². The van der Waals surface area contributed by atoms with Gasteiger partial charge < -0.3 is 10.2 Å². The van der Waals surface area contributed by atoms with Gasteiger partial charge in [0.2, 0.25) is 0 Å². The zero-order chi connectivity index (χ0) is 14.5. The molecule has 1 rings (SSSR count). The summed E-state index contributed by atoms with van der Waals surface area (Å²) in [5, 5.41) is 3.40. The van der Waals surface area contributed by atoms with E-state index in [9.17, 15) is 0 Å². The first kappa shape index (κ1) is 15.7. The number of aromatic nitrogens is 1. The number of pyridine rings is 1. The van der Waals surface area contributed by atoms with Crippen LogP contribution in [0.2, 0.25) is 0 Å². The topological polar surface area (TPSA) is 28.2 Å². The van der Waals surface area contributed by atoms with E-state index < -0.39 is 0 Å². The van der Waals surface area contributed by atoms with Crippen molar-refractivity contribution in [3.63, 3.8) is 0 Å². The quantitative estimate of drug-likeness (QED) is 0.794. The highest BCUT2D eigenvalue weighted by molar-refractivity contribution is 5.43. The minimum absolute atomic E-state index is 0.0377. The molecule has 1 N–H and O–H groups in total. The third-order valence-corrected chi connectivity index (χ3v) is 3.18. The second-order valence-electron chi connectivity index (χ2n) is 5.80. The number of nitrogens with one attached hydrogen (secondary N) is 1. The Bertz CT molecular complexity index is 389. The Balaban J connectivity index is 2.92. The molecule has 0 amide bonds. The van der Waals surface area contributed by atoms with Gasteiger partial charge in [-0.2, -0.15) is 0 Å². The fraction of sp³-hybridized carbons (Fsp3) is 0.562. The number of hydrogen-bond donors (Lipinski definition) is 1. The highest BCUT2D eigenvalue weighted by atomic mass is 15.2. The molecule has 3 heteroatoms. The van der Waals surface area contributed by atoms with Gasteiger partial charge in [0, 0.05) is 24.3 Å². The van der Waals surface area contributed by atoms with Crippen LogP contribution in [-0.4, -0.2) is 23.6 Å². The molecule has 1 heterocycles. The van der Waals surface area contributed by atoms with Gasteiger partial charge in [0.25, 0.3) is 0 Å². The van der Waals surface area contributed by atoms with Gasteiger partial charge in [0.1, 0.15) is 5.82 Å². The van der Waals surface area contributed by atoms with E-state index in [0.29, 0.717) is 6.04 Å². The first-order valence-electron chi connectivity index (χ1n) is 6.98. The van der Waals surface area contributed by atoms with Crippen molar-refractivity contribution in [1.29, 1.82) is 0 Å². The fourth-order valence-corrected chi connectivity index (χ4v) is 2.08. The highest BCUT2D eigenvalue weighted by Crippen LogP contribution is 2.23. The van der Waals surface area contributed by atoms with E-state index in [4.69, 9.17) is 0 Å². The summed E-state index contributed by atoms with van der Waals surface area (Å²) in [6, 6.07) is 4.59. The van der Waals surface area contributed by atoms with Crippen molar-refractivity contribution in [3.05, 3.63) is 36.5 Å². The molecule has 0 saturated carbocycles. The summed E-state index contributed by atoms with van der Waals surface area (Å²) < 4.78 is 0. The Labute approximate surface area is 117 Å². The van der Waals surface area contributed by atoms with Crippen LogP contribution in [0, 0.1) is 0 Å². The van der Waals surface area contributed by atoms with Gasteiger partial charge in [-0.15, -0.1) is 6.58 Å². The summed E-state index contributed by atoms with van der Waals surface area (Å²) in [5.74, 6) is 1.000. The van der Waals surface area contributed by atoms with Gasteiger partial charge in [-0.05, 0) is 45.9 Å². The molecule has 0 spiro atoms. The van der Waals surface area contributed by atoms with E-state index >= 15 is 0 Å². The molecule has 19 heavy (non-hydrogen) atoms. The smallest absolute Gasteiger partial charge is 0.129 e. The van der Waals surface area contributed by atoms with Gasteiger partial charge >= 0.3 is 0 Å². The lowest BCUT2D eigenvalue weighted by atomic mass is 10.1. The summed E-state index contributed by atoms with van der Waals surface area (Å²) in [7, 11) is 0. The van der Waals surface area contributed by atoms with Crippen LogP contribution in [0.1, 0.15) is 46.2 Å². The minimum atomic E-state index is 0.0377. The van der Waals surface area contributed by atoms with Gasteiger partial charge in [-0.25, -0.2) is 4.98 Å². The van der Waals surface area contributed by atoms with Crippen molar-refractivity contribution in [1.82, 2.24) is 10.3 Å². The zero-order valence-corrected chi connectivity index (χ0v) is 12.9. The van der Waals surface area contributed by atoms with Crippen LogP contribution in [0.4, 0.5) is 5.82 Å². The molecule has 1 aromatic rings. The Morgan fingerprint density at radius 3 is 2.53 bits per heavy atom. The van der Waals surface area contributed by atoms with Crippen LogP contribution in [-0.2, 0) is 0 Å². The van der Waals surface area contributed by atoms with Crippen LogP contribution in [0.3, 0.4) is 0 Å². The van der Waals surface area contributed by atoms with E-state index in [1.807, 2.05) is 12.3 Å². The Hall–Kier alpha value is -1.35. The van der Waals surface area contributed by atoms with E-state index in [1.165, 1.54) is 5.56 Å². The number of anilines is 1. The van der Waals surface area contributed by atoms with Crippen LogP contribution in [0.5, 0.6) is 0 Å². The molecule has 0 aliphatic carbocycles. The van der Waals surface area contributed by atoms with Crippen molar-refractivity contribution in [2.45, 2.75) is 46.2 Å². The second-order valence-corrected chi connectivity index (χ2v) is 5.80. The molecular formula is C16H27N3. The van der Waals surface area contributed by atoms with Crippen molar-refractivity contribution >= 4 is 5.82 Å². The van der Waals surface area contributed by atoms with Crippen molar-refractivity contribution in [2.75, 3.05) is 18.0 Å². The maximum atomic E-state index is 4.61. The lowest BCUT2D eigenvalue weighted by Gasteiger charge is -2.36. The van der Waals surface area contributed by atoms with Gasteiger partial charge in [-0.1, -0.05) is 19.1 Å². The lowest BCUT2D eigenvalue weighted by Crippen LogP contribution is -2.42. The molecule has 0 aliphatic rings. The van der Waals surface area contributed by atoms with Crippen molar-refractivity contribution < 1.29 is 0 Å². The molecule has 106 valence electrons. The molecule has 1 unspecified atom stereocenters. The maximum absolute atomic E-state index is 4.61. The Morgan fingerprint density at radius 2 is 2.11 bits per heavy atom. The van der Waals surface area contributed by atoms with Gasteiger partial charge in [0.15, 0.2) is 0 Å². The van der Waals surface area contributed by atoms with Crippen LogP contribution >= 0.6 is 0 Å². The Kier molecular flexibility index (Phi) is 5.55. The van der Waals surface area contributed by atoms with Crippen LogP contribution < -0.4 is 10.2 Å². The SMILES string of the molecule is C=CCN(c1ccc(C(C)NCC)cn1)C(C)(C)C. The monoisotopic (exact) mass is 261 g/mol. The molecule has 0 aliphatic heterocycles. The standard InChI is InChI=1S/C16H27N3/c1-7-11-19(16(4,5)6)15-10-9-14(12-18-15)13(3)17-8-2/h7,9-10,12-13,17H,1,8,11H2,2-6H3. The van der Waals surface area contributed by atoms with Gasteiger partial charge in [-0.3, -0.25) is 0 Å². The molecule has 1 atom stereocenters. The third kappa shape index (κ3) is 4.35.